The van der Waals surface area contributed by atoms with Crippen LogP contribution in [0.4, 0.5) is 10.1 Å². The molecule has 0 bridgehead atoms. The molecule has 25 heavy (non-hydrogen) atoms. The fourth-order valence-corrected chi connectivity index (χ4v) is 3.34. The summed E-state index contributed by atoms with van der Waals surface area (Å²) in [7, 11) is 1.70. The van der Waals surface area contributed by atoms with E-state index in [4.69, 9.17) is 4.74 Å². The first kappa shape index (κ1) is 17.6. The number of carbonyl (C=O) groups excluding carboxylic acids is 1. The molecule has 0 unspecified atom stereocenters. The zero-order valence-electron chi connectivity index (χ0n) is 14.5. The van der Waals surface area contributed by atoms with Gasteiger partial charge in [-0.15, -0.1) is 0 Å². The van der Waals surface area contributed by atoms with Crippen molar-refractivity contribution in [1.82, 2.24) is 14.7 Å². The molecule has 0 spiro atoms. The number of likely N-dealkylation sites (tertiary alicyclic amines) is 1. The van der Waals surface area contributed by atoms with Crippen molar-refractivity contribution >= 4 is 11.6 Å². The molecule has 134 valence electrons. The number of methoxy groups -OCH3 is 1. The third-order valence-electron chi connectivity index (χ3n) is 4.46. The second kappa shape index (κ2) is 7.76. The van der Waals surface area contributed by atoms with Gasteiger partial charge < -0.3 is 10.1 Å². The van der Waals surface area contributed by atoms with Crippen LogP contribution in [0.25, 0.3) is 0 Å². The fourth-order valence-electron chi connectivity index (χ4n) is 3.34. The van der Waals surface area contributed by atoms with Crippen LogP contribution in [0.2, 0.25) is 0 Å². The lowest BCUT2D eigenvalue weighted by molar-refractivity contribution is -0.114. The highest BCUT2D eigenvalue weighted by Gasteiger charge is 2.33. The highest BCUT2D eigenvalue weighted by Crippen LogP contribution is 2.29. The first-order valence-electron chi connectivity index (χ1n) is 8.34. The van der Waals surface area contributed by atoms with Gasteiger partial charge in [0.05, 0.1) is 24.5 Å². The van der Waals surface area contributed by atoms with Gasteiger partial charge in [0.15, 0.2) is 0 Å². The maximum atomic E-state index is 13.1. The molecule has 2 aromatic rings. The van der Waals surface area contributed by atoms with E-state index in [1.54, 1.807) is 13.3 Å². The second-order valence-corrected chi connectivity index (χ2v) is 6.44. The molecule has 1 fully saturated rings. The number of nitrogens with zero attached hydrogens (tertiary/aromatic N) is 3. The molecule has 1 amide bonds. The number of carbonyl (C=O) groups is 1. The number of amides is 1. The van der Waals surface area contributed by atoms with E-state index in [-0.39, 0.29) is 23.8 Å². The minimum atomic E-state index is -0.224. The van der Waals surface area contributed by atoms with Gasteiger partial charge in [0, 0.05) is 39.4 Å². The molecule has 1 aliphatic rings. The van der Waals surface area contributed by atoms with Gasteiger partial charge in [-0.2, -0.15) is 5.10 Å². The average Bonchev–Trinajstić information content (AvgIpc) is 3.17. The summed E-state index contributed by atoms with van der Waals surface area (Å²) in [5, 5.41) is 7.13. The van der Waals surface area contributed by atoms with Crippen molar-refractivity contribution in [2.24, 2.45) is 0 Å². The Bertz CT molecular complexity index is 716. The van der Waals surface area contributed by atoms with Crippen LogP contribution >= 0.6 is 0 Å². The number of rotatable bonds is 6. The average molecular weight is 346 g/mol. The summed E-state index contributed by atoms with van der Waals surface area (Å²) < 4.78 is 20.4. The fraction of sp³-hybridized carbons (Fsp3) is 0.444. The zero-order valence-corrected chi connectivity index (χ0v) is 14.5. The topological polar surface area (TPSA) is 59.4 Å². The van der Waals surface area contributed by atoms with E-state index in [0.717, 1.165) is 25.1 Å². The Morgan fingerprint density at radius 1 is 1.40 bits per heavy atom. The second-order valence-electron chi connectivity index (χ2n) is 6.44. The van der Waals surface area contributed by atoms with Crippen molar-refractivity contribution in [2.75, 3.05) is 25.6 Å². The van der Waals surface area contributed by atoms with Crippen molar-refractivity contribution < 1.29 is 13.9 Å². The molecule has 7 heteroatoms. The van der Waals surface area contributed by atoms with Gasteiger partial charge in [-0.05, 0) is 24.1 Å². The van der Waals surface area contributed by atoms with Gasteiger partial charge in [-0.25, -0.2) is 4.39 Å². The Morgan fingerprint density at radius 2 is 2.16 bits per heavy atom. The van der Waals surface area contributed by atoms with Gasteiger partial charge in [-0.3, -0.25) is 14.4 Å². The van der Waals surface area contributed by atoms with E-state index in [9.17, 15) is 9.18 Å². The van der Waals surface area contributed by atoms with Gasteiger partial charge in [0.1, 0.15) is 5.82 Å². The van der Waals surface area contributed by atoms with Crippen molar-refractivity contribution in [2.45, 2.75) is 32.0 Å². The minimum absolute atomic E-state index is 0.110. The SMILES string of the molecule is COC[C@@H]1C[C@H](n2cc(NC(C)=O)cn2)CN1Cc1ccc(F)cc1. The summed E-state index contributed by atoms with van der Waals surface area (Å²) in [5.41, 5.74) is 1.77. The lowest BCUT2D eigenvalue weighted by Gasteiger charge is -2.23. The van der Waals surface area contributed by atoms with Crippen LogP contribution in [0, 0.1) is 5.82 Å². The van der Waals surface area contributed by atoms with E-state index >= 15 is 0 Å². The Labute approximate surface area is 146 Å². The number of benzene rings is 1. The van der Waals surface area contributed by atoms with Gasteiger partial charge in [0.2, 0.25) is 5.91 Å². The molecule has 1 saturated heterocycles. The molecule has 3 rings (SSSR count). The predicted octanol–water partition coefficient (Wildman–Crippen LogP) is 2.44. The summed E-state index contributed by atoms with van der Waals surface area (Å²) in [5.74, 6) is -0.334. The summed E-state index contributed by atoms with van der Waals surface area (Å²) in [4.78, 5) is 13.5. The number of anilines is 1. The maximum Gasteiger partial charge on any atom is 0.221 e. The van der Waals surface area contributed by atoms with Crippen LogP contribution in [0.1, 0.15) is 24.9 Å². The summed E-state index contributed by atoms with van der Waals surface area (Å²) in [6.45, 7) is 3.68. The molecule has 1 N–H and O–H groups in total. The van der Waals surface area contributed by atoms with E-state index in [1.165, 1.54) is 19.1 Å². The molecule has 1 aromatic carbocycles. The lowest BCUT2D eigenvalue weighted by atomic mass is 10.1. The van der Waals surface area contributed by atoms with Gasteiger partial charge >= 0.3 is 0 Å². The van der Waals surface area contributed by atoms with Crippen LogP contribution in [0.3, 0.4) is 0 Å². The number of hydrogen-bond acceptors (Lipinski definition) is 4. The standard InChI is InChI=1S/C18H23FN4O2/c1-13(24)21-16-8-20-23(10-16)17-7-18(12-25-2)22(11-17)9-14-3-5-15(19)6-4-14/h3-6,8,10,17-18H,7,9,11-12H2,1-2H3,(H,21,24)/t17-,18-/m0/s1. The smallest absolute Gasteiger partial charge is 0.221 e. The molecule has 0 radical (unpaired) electrons. The molecule has 0 saturated carbocycles. The third-order valence-corrected chi connectivity index (χ3v) is 4.46. The van der Waals surface area contributed by atoms with Crippen molar-refractivity contribution in [3.8, 4) is 0 Å². The van der Waals surface area contributed by atoms with Crippen molar-refractivity contribution in [1.29, 1.82) is 0 Å². The molecule has 6 nitrogen and oxygen atoms in total. The Morgan fingerprint density at radius 3 is 2.84 bits per heavy atom. The molecular weight excluding hydrogens is 323 g/mol. The molecule has 1 aromatic heterocycles. The van der Waals surface area contributed by atoms with Crippen LogP contribution in [-0.2, 0) is 16.1 Å². The number of hydrogen-bond donors (Lipinski definition) is 1. The maximum absolute atomic E-state index is 13.1. The Balaban J connectivity index is 1.70. The number of halogens is 1. The Hall–Kier alpha value is -2.25. The van der Waals surface area contributed by atoms with E-state index in [2.05, 4.69) is 15.3 Å². The highest BCUT2D eigenvalue weighted by molar-refractivity contribution is 5.88. The highest BCUT2D eigenvalue weighted by atomic mass is 19.1. The van der Waals surface area contributed by atoms with Crippen molar-refractivity contribution in [3.05, 3.63) is 48.0 Å². The normalized spacial score (nSPS) is 20.8. The van der Waals surface area contributed by atoms with E-state index < -0.39 is 0 Å². The molecule has 2 atom stereocenters. The van der Waals surface area contributed by atoms with E-state index in [1.807, 2.05) is 23.0 Å². The Kier molecular flexibility index (Phi) is 5.45. The van der Waals surface area contributed by atoms with Crippen molar-refractivity contribution in [3.63, 3.8) is 0 Å². The molecule has 1 aliphatic heterocycles. The lowest BCUT2D eigenvalue weighted by Crippen LogP contribution is -2.32. The first-order valence-corrected chi connectivity index (χ1v) is 8.34. The zero-order chi connectivity index (χ0) is 17.8. The molecule has 0 aliphatic carbocycles. The monoisotopic (exact) mass is 346 g/mol. The number of nitrogens with one attached hydrogen (secondary N) is 1. The van der Waals surface area contributed by atoms with Gasteiger partial charge in [-0.1, -0.05) is 12.1 Å². The van der Waals surface area contributed by atoms with Crippen LogP contribution < -0.4 is 5.32 Å². The first-order chi connectivity index (χ1) is 12.0. The number of ether oxygens (including phenoxy) is 1. The largest absolute Gasteiger partial charge is 0.383 e. The van der Waals surface area contributed by atoms with E-state index in [0.29, 0.717) is 12.3 Å². The molecular formula is C18H23FN4O2. The van der Waals surface area contributed by atoms with Crippen LogP contribution in [-0.4, -0.2) is 46.9 Å². The third kappa shape index (κ3) is 4.43. The summed E-state index contributed by atoms with van der Waals surface area (Å²) in [6, 6.07) is 7.09. The summed E-state index contributed by atoms with van der Waals surface area (Å²) >= 11 is 0. The number of aromatic nitrogens is 2. The van der Waals surface area contributed by atoms with Crippen LogP contribution in [0.15, 0.2) is 36.7 Å². The van der Waals surface area contributed by atoms with Gasteiger partial charge in [0.25, 0.3) is 0 Å². The quantitative estimate of drug-likeness (QED) is 0.873. The summed E-state index contributed by atoms with van der Waals surface area (Å²) in [6.07, 6.45) is 4.43. The predicted molar refractivity (Wildman–Crippen MR) is 92.7 cm³/mol. The molecule has 2 heterocycles. The van der Waals surface area contributed by atoms with Crippen LogP contribution in [0.5, 0.6) is 0 Å². The minimum Gasteiger partial charge on any atom is -0.383 e.